The van der Waals surface area contributed by atoms with Crippen molar-refractivity contribution >= 4 is 0 Å². The number of aliphatic hydroxyl groups excluding tert-OH is 1. The van der Waals surface area contributed by atoms with Crippen molar-refractivity contribution in [2.24, 2.45) is 0 Å². The van der Waals surface area contributed by atoms with E-state index in [1.807, 2.05) is 13.8 Å². The van der Waals surface area contributed by atoms with Gasteiger partial charge in [-0.05, 0) is 13.8 Å². The Balaban J connectivity index is 2.64. The van der Waals surface area contributed by atoms with Crippen LogP contribution in [0.25, 0.3) is 0 Å². The van der Waals surface area contributed by atoms with Gasteiger partial charge in [-0.2, -0.15) is 0 Å². The molecule has 1 saturated heterocycles. The van der Waals surface area contributed by atoms with Crippen LogP contribution in [-0.2, 0) is 9.47 Å². The van der Waals surface area contributed by atoms with Crippen LogP contribution in [0.5, 0.6) is 0 Å². The number of hydrogen-bond donors (Lipinski definition) is 1. The topological polar surface area (TPSA) is 38.7 Å². The number of aliphatic hydroxyl groups is 1. The Kier molecular flexibility index (Phi) is 2.52. The predicted octanol–water partition coefficient (Wildman–Crippen LogP) is 0.561. The lowest BCUT2D eigenvalue weighted by Gasteiger charge is -2.40. The minimum Gasteiger partial charge on any atom is -0.387 e. The summed E-state index contributed by atoms with van der Waals surface area (Å²) in [6, 6.07) is 0. The molecule has 1 heterocycles. The fraction of sp³-hybridized carbons (Fsp3) is 1.00. The summed E-state index contributed by atoms with van der Waals surface area (Å²) in [5, 5.41) is 9.65. The molecule has 3 atom stereocenters. The molecule has 1 aliphatic rings. The molecule has 1 rings (SSSR count). The van der Waals surface area contributed by atoms with E-state index in [1.165, 1.54) is 0 Å². The molecule has 1 aliphatic heterocycles. The first-order valence-corrected chi connectivity index (χ1v) is 3.95. The van der Waals surface area contributed by atoms with Gasteiger partial charge in [0.2, 0.25) is 0 Å². The molecule has 0 spiro atoms. The maximum atomic E-state index is 9.65. The molecule has 3 heteroatoms. The first-order valence-electron chi connectivity index (χ1n) is 3.95. The third-order valence-corrected chi connectivity index (χ3v) is 2.52. The minimum absolute atomic E-state index is 0.117. The number of hydrogen-bond acceptors (Lipinski definition) is 3. The van der Waals surface area contributed by atoms with Gasteiger partial charge in [0.1, 0.15) is 6.10 Å². The molecule has 11 heavy (non-hydrogen) atoms. The van der Waals surface area contributed by atoms with Gasteiger partial charge in [-0.3, -0.25) is 0 Å². The summed E-state index contributed by atoms with van der Waals surface area (Å²) in [7, 11) is 1.63. The van der Waals surface area contributed by atoms with Gasteiger partial charge in [0.15, 0.2) is 0 Å². The lowest BCUT2D eigenvalue weighted by Crippen LogP contribution is -2.52. The Bertz CT molecular complexity index is 137. The molecule has 0 radical (unpaired) electrons. The molecule has 0 aromatic heterocycles. The van der Waals surface area contributed by atoms with Gasteiger partial charge in [-0.1, -0.05) is 0 Å². The Morgan fingerprint density at radius 1 is 1.64 bits per heavy atom. The number of ether oxygens (including phenoxy) is 2. The van der Waals surface area contributed by atoms with Gasteiger partial charge in [0, 0.05) is 20.1 Å². The van der Waals surface area contributed by atoms with Crippen LogP contribution >= 0.6 is 0 Å². The van der Waals surface area contributed by atoms with Crippen molar-refractivity contribution in [3.8, 4) is 0 Å². The maximum absolute atomic E-state index is 9.65. The van der Waals surface area contributed by atoms with Crippen LogP contribution < -0.4 is 0 Å². The number of methoxy groups -OCH3 is 1. The second-order valence-corrected chi connectivity index (χ2v) is 3.29. The van der Waals surface area contributed by atoms with Crippen LogP contribution in [0.4, 0.5) is 0 Å². The molecular weight excluding hydrogens is 144 g/mol. The average molecular weight is 160 g/mol. The quantitative estimate of drug-likeness (QED) is 0.609. The third kappa shape index (κ3) is 1.55. The largest absolute Gasteiger partial charge is 0.387 e. The van der Waals surface area contributed by atoms with Crippen molar-refractivity contribution < 1.29 is 14.6 Å². The van der Waals surface area contributed by atoms with Crippen LogP contribution in [0.1, 0.15) is 20.3 Å². The number of rotatable bonds is 1. The van der Waals surface area contributed by atoms with Crippen molar-refractivity contribution in [1.29, 1.82) is 0 Å². The molecule has 3 nitrogen and oxygen atoms in total. The zero-order chi connectivity index (χ0) is 8.48. The van der Waals surface area contributed by atoms with E-state index in [4.69, 9.17) is 9.47 Å². The van der Waals surface area contributed by atoms with E-state index in [9.17, 15) is 5.11 Å². The SMILES string of the molecule is COC1(C)CCOC(C)C1O. The standard InChI is InChI=1S/C8H16O3/c1-6-7(9)8(2,10-3)4-5-11-6/h6-7,9H,4-5H2,1-3H3. The molecule has 1 N–H and O–H groups in total. The highest BCUT2D eigenvalue weighted by molar-refractivity contribution is 4.90. The Hall–Kier alpha value is -0.120. The summed E-state index contributed by atoms with van der Waals surface area (Å²) in [4.78, 5) is 0. The zero-order valence-electron chi connectivity index (χ0n) is 7.33. The zero-order valence-corrected chi connectivity index (χ0v) is 7.33. The van der Waals surface area contributed by atoms with E-state index in [0.29, 0.717) is 6.61 Å². The minimum atomic E-state index is -0.513. The van der Waals surface area contributed by atoms with Crippen LogP contribution in [0.2, 0.25) is 0 Å². The summed E-state index contributed by atoms with van der Waals surface area (Å²) >= 11 is 0. The lowest BCUT2D eigenvalue weighted by atomic mass is 9.89. The summed E-state index contributed by atoms with van der Waals surface area (Å²) < 4.78 is 10.5. The summed E-state index contributed by atoms with van der Waals surface area (Å²) in [5.74, 6) is 0. The van der Waals surface area contributed by atoms with Gasteiger partial charge < -0.3 is 14.6 Å². The molecule has 1 fully saturated rings. The predicted molar refractivity (Wildman–Crippen MR) is 41.5 cm³/mol. The van der Waals surface area contributed by atoms with E-state index in [0.717, 1.165) is 6.42 Å². The van der Waals surface area contributed by atoms with Gasteiger partial charge >= 0.3 is 0 Å². The fourth-order valence-corrected chi connectivity index (χ4v) is 1.41. The smallest absolute Gasteiger partial charge is 0.109 e. The van der Waals surface area contributed by atoms with Gasteiger partial charge in [0.05, 0.1) is 11.7 Å². The van der Waals surface area contributed by atoms with E-state index in [2.05, 4.69) is 0 Å². The van der Waals surface area contributed by atoms with Gasteiger partial charge in [0.25, 0.3) is 0 Å². The molecular formula is C8H16O3. The van der Waals surface area contributed by atoms with Crippen LogP contribution in [0, 0.1) is 0 Å². The molecule has 0 aromatic rings. The van der Waals surface area contributed by atoms with Crippen LogP contribution in [-0.4, -0.2) is 36.6 Å². The first kappa shape index (κ1) is 8.97. The molecule has 0 bridgehead atoms. The highest BCUT2D eigenvalue weighted by Crippen LogP contribution is 2.27. The Morgan fingerprint density at radius 2 is 2.27 bits per heavy atom. The monoisotopic (exact) mass is 160 g/mol. The van der Waals surface area contributed by atoms with E-state index < -0.39 is 11.7 Å². The highest BCUT2D eigenvalue weighted by atomic mass is 16.5. The van der Waals surface area contributed by atoms with Crippen LogP contribution in [0.3, 0.4) is 0 Å². The second kappa shape index (κ2) is 3.09. The fourth-order valence-electron chi connectivity index (χ4n) is 1.41. The first-order chi connectivity index (χ1) is 5.10. The summed E-state index contributed by atoms with van der Waals surface area (Å²) in [6.45, 7) is 4.44. The van der Waals surface area contributed by atoms with Gasteiger partial charge in [-0.25, -0.2) is 0 Å². The highest BCUT2D eigenvalue weighted by Gasteiger charge is 2.40. The molecule has 0 aromatic carbocycles. The second-order valence-electron chi connectivity index (χ2n) is 3.29. The molecule has 3 unspecified atom stereocenters. The van der Waals surface area contributed by atoms with Crippen molar-refractivity contribution in [3.05, 3.63) is 0 Å². The molecule has 66 valence electrons. The van der Waals surface area contributed by atoms with E-state index in [1.54, 1.807) is 7.11 Å². The Morgan fingerprint density at radius 3 is 2.73 bits per heavy atom. The van der Waals surface area contributed by atoms with E-state index in [-0.39, 0.29) is 6.10 Å². The Labute approximate surface area is 67.3 Å². The average Bonchev–Trinajstić information content (AvgIpc) is 2.00. The van der Waals surface area contributed by atoms with Crippen LogP contribution in [0.15, 0.2) is 0 Å². The molecule has 0 aliphatic carbocycles. The summed E-state index contributed by atoms with van der Waals surface area (Å²) in [5.41, 5.74) is -0.419. The van der Waals surface area contributed by atoms with Gasteiger partial charge in [-0.15, -0.1) is 0 Å². The van der Waals surface area contributed by atoms with E-state index >= 15 is 0 Å². The maximum Gasteiger partial charge on any atom is 0.109 e. The molecule has 0 amide bonds. The molecule has 0 saturated carbocycles. The lowest BCUT2D eigenvalue weighted by molar-refractivity contribution is -0.188. The van der Waals surface area contributed by atoms with Crippen molar-refractivity contribution in [2.75, 3.05) is 13.7 Å². The van der Waals surface area contributed by atoms with Crippen molar-refractivity contribution in [2.45, 2.75) is 38.1 Å². The third-order valence-electron chi connectivity index (χ3n) is 2.52. The summed E-state index contributed by atoms with van der Waals surface area (Å²) in [6.07, 6.45) is 0.129. The normalized spacial score (nSPS) is 45.8. The van der Waals surface area contributed by atoms with Crippen molar-refractivity contribution in [3.63, 3.8) is 0 Å². The van der Waals surface area contributed by atoms with Crippen molar-refractivity contribution in [1.82, 2.24) is 0 Å².